The molecule has 1 unspecified atom stereocenters. The van der Waals surface area contributed by atoms with Crippen LogP contribution in [-0.4, -0.2) is 16.3 Å². The summed E-state index contributed by atoms with van der Waals surface area (Å²) in [6, 6.07) is 11.6. The average molecular weight is 302 g/mol. The van der Waals surface area contributed by atoms with Gasteiger partial charge in [0, 0.05) is 41.1 Å². The van der Waals surface area contributed by atoms with Crippen LogP contribution in [0.1, 0.15) is 11.7 Å². The van der Waals surface area contributed by atoms with Crippen molar-refractivity contribution in [1.29, 1.82) is 0 Å². The zero-order valence-corrected chi connectivity index (χ0v) is 12.4. The summed E-state index contributed by atoms with van der Waals surface area (Å²) in [6.45, 7) is 0.378. The Morgan fingerprint density at radius 2 is 2.00 bits per heavy atom. The first-order valence-electron chi connectivity index (χ1n) is 6.71. The second kappa shape index (κ2) is 5.76. The highest BCUT2D eigenvalue weighted by atomic mass is 35.5. The van der Waals surface area contributed by atoms with Crippen molar-refractivity contribution in [1.82, 2.24) is 9.78 Å². The highest BCUT2D eigenvalue weighted by molar-refractivity contribution is 6.35. The minimum absolute atomic E-state index is 0.233. The Morgan fingerprint density at radius 3 is 2.67 bits per heavy atom. The smallest absolute Gasteiger partial charge is 0.139 e. The van der Waals surface area contributed by atoms with Crippen molar-refractivity contribution < 1.29 is 4.74 Å². The first-order valence-corrected chi connectivity index (χ1v) is 7.09. The molecule has 0 bridgehead atoms. The van der Waals surface area contributed by atoms with Crippen molar-refractivity contribution in [2.24, 2.45) is 12.8 Å². The molecule has 0 spiro atoms. The van der Waals surface area contributed by atoms with Gasteiger partial charge in [-0.2, -0.15) is 5.10 Å². The third kappa shape index (κ3) is 2.73. The van der Waals surface area contributed by atoms with E-state index in [1.807, 2.05) is 49.6 Å². The van der Waals surface area contributed by atoms with Crippen LogP contribution in [0.5, 0.6) is 5.75 Å². The fourth-order valence-corrected chi connectivity index (χ4v) is 2.58. The highest BCUT2D eigenvalue weighted by Crippen LogP contribution is 2.33. The Bertz CT molecular complexity index is 769. The molecule has 3 rings (SSSR count). The second-order valence-corrected chi connectivity index (χ2v) is 5.29. The predicted octanol–water partition coefficient (Wildman–Crippen LogP) is 3.31. The van der Waals surface area contributed by atoms with E-state index in [1.54, 1.807) is 10.9 Å². The third-order valence-electron chi connectivity index (χ3n) is 3.41. The molecule has 108 valence electrons. The normalized spacial score (nSPS) is 12.5. The van der Waals surface area contributed by atoms with Crippen molar-refractivity contribution in [3.05, 3.63) is 59.4 Å². The molecule has 2 N–H and O–H groups in total. The number of fused-ring (bicyclic) bond motifs is 1. The molecule has 0 radical (unpaired) electrons. The Kier molecular flexibility index (Phi) is 3.82. The lowest BCUT2D eigenvalue weighted by molar-refractivity contribution is 0.217. The Labute approximate surface area is 128 Å². The largest absolute Gasteiger partial charge is 0.484 e. The number of rotatable bonds is 4. The summed E-state index contributed by atoms with van der Waals surface area (Å²) in [5.41, 5.74) is 6.81. The number of halogens is 1. The number of hydrogen-bond donors (Lipinski definition) is 1. The van der Waals surface area contributed by atoms with E-state index < -0.39 is 0 Å². The molecule has 2 aromatic carbocycles. The molecule has 0 saturated carbocycles. The minimum Gasteiger partial charge on any atom is -0.484 e. The predicted molar refractivity (Wildman–Crippen MR) is 84.6 cm³/mol. The average Bonchev–Trinajstić information content (AvgIpc) is 2.93. The first kappa shape index (κ1) is 13.9. The lowest BCUT2D eigenvalue weighted by atomic mass is 10.1. The first-order chi connectivity index (χ1) is 10.2. The topological polar surface area (TPSA) is 53.1 Å². The van der Waals surface area contributed by atoms with Crippen LogP contribution in [0.2, 0.25) is 5.02 Å². The molecular weight excluding hydrogens is 286 g/mol. The van der Waals surface area contributed by atoms with Crippen LogP contribution in [0.3, 0.4) is 0 Å². The fraction of sp³-hybridized carbons (Fsp3) is 0.188. The van der Waals surface area contributed by atoms with Gasteiger partial charge in [-0.15, -0.1) is 0 Å². The summed E-state index contributed by atoms with van der Waals surface area (Å²) in [5, 5.41) is 6.83. The molecule has 0 aliphatic carbocycles. The third-order valence-corrected chi connectivity index (χ3v) is 3.74. The Morgan fingerprint density at radius 1 is 1.24 bits per heavy atom. The van der Waals surface area contributed by atoms with Crippen LogP contribution in [0, 0.1) is 0 Å². The van der Waals surface area contributed by atoms with Crippen molar-refractivity contribution in [3.8, 4) is 5.75 Å². The second-order valence-electron chi connectivity index (χ2n) is 4.88. The van der Waals surface area contributed by atoms with Crippen molar-refractivity contribution in [3.63, 3.8) is 0 Å². The van der Waals surface area contributed by atoms with Crippen LogP contribution in [0.15, 0.2) is 48.8 Å². The molecule has 1 aromatic heterocycles. The van der Waals surface area contributed by atoms with Gasteiger partial charge in [-0.1, -0.05) is 35.9 Å². The van der Waals surface area contributed by atoms with E-state index in [4.69, 9.17) is 22.1 Å². The maximum absolute atomic E-state index is 6.23. The van der Waals surface area contributed by atoms with E-state index in [9.17, 15) is 0 Å². The molecule has 0 amide bonds. The molecule has 0 fully saturated rings. The summed E-state index contributed by atoms with van der Waals surface area (Å²) in [6.07, 6.45) is 3.45. The van der Waals surface area contributed by atoms with Crippen LogP contribution in [0.4, 0.5) is 0 Å². The summed E-state index contributed by atoms with van der Waals surface area (Å²) in [4.78, 5) is 0. The quantitative estimate of drug-likeness (QED) is 0.804. The van der Waals surface area contributed by atoms with Gasteiger partial charge in [0.2, 0.25) is 0 Å². The number of nitrogens with zero attached hydrogens (tertiary/aromatic N) is 2. The van der Waals surface area contributed by atoms with Gasteiger partial charge >= 0.3 is 0 Å². The SMILES string of the molecule is Cn1cc(C(CN)Oc2ccc(Cl)c3ccccc23)cn1. The van der Waals surface area contributed by atoms with Gasteiger partial charge < -0.3 is 10.5 Å². The number of aromatic nitrogens is 2. The molecule has 5 heteroatoms. The minimum atomic E-state index is -0.233. The number of aryl methyl sites for hydroxylation is 1. The Balaban J connectivity index is 1.99. The van der Waals surface area contributed by atoms with E-state index >= 15 is 0 Å². The van der Waals surface area contributed by atoms with Gasteiger partial charge in [-0.25, -0.2) is 0 Å². The van der Waals surface area contributed by atoms with Crippen LogP contribution >= 0.6 is 11.6 Å². The lowest BCUT2D eigenvalue weighted by Gasteiger charge is -2.18. The van der Waals surface area contributed by atoms with Crippen LogP contribution in [0.25, 0.3) is 10.8 Å². The summed E-state index contributed by atoms with van der Waals surface area (Å²) >= 11 is 6.23. The summed E-state index contributed by atoms with van der Waals surface area (Å²) < 4.78 is 7.83. The summed E-state index contributed by atoms with van der Waals surface area (Å²) in [5.74, 6) is 0.773. The van der Waals surface area contributed by atoms with E-state index in [0.29, 0.717) is 11.6 Å². The maximum atomic E-state index is 6.23. The van der Waals surface area contributed by atoms with Crippen molar-refractivity contribution >= 4 is 22.4 Å². The van der Waals surface area contributed by atoms with E-state index in [1.165, 1.54) is 0 Å². The highest BCUT2D eigenvalue weighted by Gasteiger charge is 2.15. The van der Waals surface area contributed by atoms with Gasteiger partial charge in [-0.3, -0.25) is 4.68 Å². The van der Waals surface area contributed by atoms with E-state index in [-0.39, 0.29) is 6.10 Å². The molecule has 0 aliphatic heterocycles. The zero-order chi connectivity index (χ0) is 14.8. The number of nitrogens with two attached hydrogens (primary N) is 1. The maximum Gasteiger partial charge on any atom is 0.139 e. The molecule has 0 saturated heterocycles. The molecule has 0 aliphatic rings. The van der Waals surface area contributed by atoms with Gasteiger partial charge in [0.25, 0.3) is 0 Å². The van der Waals surface area contributed by atoms with Crippen molar-refractivity contribution in [2.45, 2.75) is 6.10 Å². The van der Waals surface area contributed by atoms with Gasteiger partial charge in [0.1, 0.15) is 11.9 Å². The van der Waals surface area contributed by atoms with Gasteiger partial charge in [-0.05, 0) is 12.1 Å². The molecule has 1 heterocycles. The van der Waals surface area contributed by atoms with Gasteiger partial charge in [0.15, 0.2) is 0 Å². The monoisotopic (exact) mass is 301 g/mol. The Hall–Kier alpha value is -2.04. The molecule has 3 aromatic rings. The zero-order valence-electron chi connectivity index (χ0n) is 11.7. The van der Waals surface area contributed by atoms with E-state index in [2.05, 4.69) is 5.10 Å². The molecule has 21 heavy (non-hydrogen) atoms. The summed E-state index contributed by atoms with van der Waals surface area (Å²) in [7, 11) is 1.87. The fourth-order valence-electron chi connectivity index (χ4n) is 2.35. The van der Waals surface area contributed by atoms with Crippen molar-refractivity contribution in [2.75, 3.05) is 6.54 Å². The number of hydrogen-bond acceptors (Lipinski definition) is 3. The molecule has 4 nitrogen and oxygen atoms in total. The standard InChI is InChI=1S/C16H16ClN3O/c1-20-10-11(9-19-20)16(8-18)21-15-7-6-14(17)12-4-2-3-5-13(12)15/h2-7,9-10,16H,8,18H2,1H3. The number of benzene rings is 2. The van der Waals surface area contributed by atoms with Crippen LogP contribution < -0.4 is 10.5 Å². The van der Waals surface area contributed by atoms with Crippen LogP contribution in [-0.2, 0) is 7.05 Å². The van der Waals surface area contributed by atoms with E-state index in [0.717, 1.165) is 22.1 Å². The van der Waals surface area contributed by atoms with Gasteiger partial charge in [0.05, 0.1) is 6.20 Å². The lowest BCUT2D eigenvalue weighted by Crippen LogP contribution is -2.18. The molecule has 1 atom stereocenters. The number of ether oxygens (including phenoxy) is 1. The molecular formula is C16H16ClN3O.